The van der Waals surface area contributed by atoms with Crippen LogP contribution in [0.5, 0.6) is 0 Å². The first-order valence-electron chi connectivity index (χ1n) is 7.05. The lowest BCUT2D eigenvalue weighted by atomic mass is 10.1. The van der Waals surface area contributed by atoms with Crippen molar-refractivity contribution < 1.29 is 4.79 Å². The average molecular weight is 359 g/mol. The number of benzene rings is 1. The van der Waals surface area contributed by atoms with E-state index in [-0.39, 0.29) is 11.6 Å². The Morgan fingerprint density at radius 2 is 1.92 bits per heavy atom. The number of amides is 1. The molecule has 7 heteroatoms. The summed E-state index contributed by atoms with van der Waals surface area (Å²) >= 11 is 12.0. The Morgan fingerprint density at radius 1 is 1.08 bits per heavy atom. The van der Waals surface area contributed by atoms with E-state index in [0.29, 0.717) is 27.3 Å². The van der Waals surface area contributed by atoms with Gasteiger partial charge in [-0.2, -0.15) is 0 Å². The second kappa shape index (κ2) is 6.95. The minimum atomic E-state index is -0.338. The monoisotopic (exact) mass is 358 g/mol. The van der Waals surface area contributed by atoms with Crippen LogP contribution in [0.15, 0.2) is 48.8 Å². The average Bonchev–Trinajstić information content (AvgIpc) is 2.57. The molecule has 5 nitrogen and oxygen atoms in total. The van der Waals surface area contributed by atoms with E-state index < -0.39 is 0 Å². The van der Waals surface area contributed by atoms with E-state index in [1.54, 1.807) is 55.7 Å². The van der Waals surface area contributed by atoms with Crippen LogP contribution in [0.1, 0.15) is 16.3 Å². The third-order valence-electron chi connectivity index (χ3n) is 3.21. The minimum absolute atomic E-state index is 0.257. The molecule has 3 aromatic rings. The number of hydrogen-bond donors (Lipinski definition) is 1. The van der Waals surface area contributed by atoms with Crippen LogP contribution in [0, 0.1) is 6.92 Å². The standard InChI is InChI=1S/C17H12Cl2N4O/c1-10-21-15(11-4-5-13(18)14(19)7-11)8-16(22-10)17(24)23-12-3-2-6-20-9-12/h2-9H,1H3,(H,23,24). The highest BCUT2D eigenvalue weighted by Crippen LogP contribution is 2.28. The number of nitrogens with zero attached hydrogens (tertiary/aromatic N) is 3. The number of pyridine rings is 1. The van der Waals surface area contributed by atoms with Gasteiger partial charge in [0.05, 0.1) is 27.6 Å². The molecule has 3 rings (SSSR count). The summed E-state index contributed by atoms with van der Waals surface area (Å²) in [6.45, 7) is 1.72. The number of aryl methyl sites for hydroxylation is 1. The van der Waals surface area contributed by atoms with Crippen molar-refractivity contribution in [1.82, 2.24) is 15.0 Å². The van der Waals surface area contributed by atoms with E-state index in [4.69, 9.17) is 23.2 Å². The lowest BCUT2D eigenvalue weighted by molar-refractivity contribution is 0.102. The highest BCUT2D eigenvalue weighted by atomic mass is 35.5. The maximum atomic E-state index is 12.4. The number of halogens is 2. The number of aromatic nitrogens is 3. The van der Waals surface area contributed by atoms with E-state index >= 15 is 0 Å². The summed E-state index contributed by atoms with van der Waals surface area (Å²) < 4.78 is 0. The van der Waals surface area contributed by atoms with Crippen molar-refractivity contribution in [2.24, 2.45) is 0 Å². The van der Waals surface area contributed by atoms with Gasteiger partial charge in [-0.15, -0.1) is 0 Å². The van der Waals surface area contributed by atoms with Crippen molar-refractivity contribution in [3.05, 3.63) is 70.4 Å². The predicted molar refractivity (Wildman–Crippen MR) is 94.4 cm³/mol. The molecular weight excluding hydrogens is 347 g/mol. The minimum Gasteiger partial charge on any atom is -0.319 e. The van der Waals surface area contributed by atoms with E-state index in [2.05, 4.69) is 20.3 Å². The van der Waals surface area contributed by atoms with Gasteiger partial charge >= 0.3 is 0 Å². The summed E-state index contributed by atoms with van der Waals surface area (Å²) in [6, 6.07) is 10.3. The summed E-state index contributed by atoms with van der Waals surface area (Å²) in [5.74, 6) is 0.143. The van der Waals surface area contributed by atoms with Gasteiger partial charge in [0.1, 0.15) is 11.5 Å². The fraction of sp³-hybridized carbons (Fsp3) is 0.0588. The van der Waals surface area contributed by atoms with Crippen molar-refractivity contribution >= 4 is 34.8 Å². The molecule has 1 N–H and O–H groups in total. The Labute approximate surface area is 148 Å². The summed E-state index contributed by atoms with van der Waals surface area (Å²) in [5.41, 5.74) is 2.20. The van der Waals surface area contributed by atoms with Gasteiger partial charge in [0.25, 0.3) is 5.91 Å². The van der Waals surface area contributed by atoms with Gasteiger partial charge in [-0.1, -0.05) is 29.3 Å². The van der Waals surface area contributed by atoms with Gasteiger partial charge in [0, 0.05) is 11.8 Å². The number of nitrogens with one attached hydrogen (secondary N) is 1. The number of anilines is 1. The third-order valence-corrected chi connectivity index (χ3v) is 3.94. The molecule has 1 amide bonds. The lowest BCUT2D eigenvalue weighted by Crippen LogP contribution is -2.15. The van der Waals surface area contributed by atoms with Crippen molar-refractivity contribution in [1.29, 1.82) is 0 Å². The summed E-state index contributed by atoms with van der Waals surface area (Å²) in [7, 11) is 0. The smallest absolute Gasteiger partial charge is 0.274 e. The van der Waals surface area contributed by atoms with Gasteiger partial charge in [-0.3, -0.25) is 9.78 Å². The first kappa shape index (κ1) is 16.4. The molecule has 0 saturated carbocycles. The number of hydrogen-bond acceptors (Lipinski definition) is 4. The zero-order valence-corrected chi connectivity index (χ0v) is 14.1. The van der Waals surface area contributed by atoms with Crippen LogP contribution in [0.4, 0.5) is 5.69 Å². The molecule has 2 heterocycles. The molecule has 24 heavy (non-hydrogen) atoms. The number of carbonyl (C=O) groups excluding carboxylic acids is 1. The Kier molecular flexibility index (Phi) is 4.74. The normalized spacial score (nSPS) is 10.5. The largest absolute Gasteiger partial charge is 0.319 e. The van der Waals surface area contributed by atoms with Crippen LogP contribution >= 0.6 is 23.2 Å². The molecule has 2 aromatic heterocycles. The van der Waals surface area contributed by atoms with Crippen LogP contribution in [0.25, 0.3) is 11.3 Å². The van der Waals surface area contributed by atoms with Crippen molar-refractivity contribution in [2.75, 3.05) is 5.32 Å². The second-order valence-corrected chi connectivity index (χ2v) is 5.82. The van der Waals surface area contributed by atoms with Gasteiger partial charge in [0.2, 0.25) is 0 Å². The van der Waals surface area contributed by atoms with E-state index in [1.165, 1.54) is 0 Å². The zero-order chi connectivity index (χ0) is 17.1. The Morgan fingerprint density at radius 3 is 2.62 bits per heavy atom. The Balaban J connectivity index is 1.94. The van der Waals surface area contributed by atoms with Crippen molar-refractivity contribution in [3.8, 4) is 11.3 Å². The van der Waals surface area contributed by atoms with Gasteiger partial charge in [-0.25, -0.2) is 9.97 Å². The fourth-order valence-corrected chi connectivity index (χ4v) is 2.42. The van der Waals surface area contributed by atoms with E-state index in [1.807, 2.05) is 0 Å². The quantitative estimate of drug-likeness (QED) is 0.752. The Hall–Kier alpha value is -2.50. The van der Waals surface area contributed by atoms with Crippen LogP contribution in [0.3, 0.4) is 0 Å². The van der Waals surface area contributed by atoms with Gasteiger partial charge in [0.15, 0.2) is 0 Å². The molecule has 0 atom stereocenters. The molecule has 0 aliphatic heterocycles. The predicted octanol–water partition coefficient (Wildman–Crippen LogP) is 4.41. The van der Waals surface area contributed by atoms with Crippen molar-refractivity contribution in [2.45, 2.75) is 6.92 Å². The molecule has 0 saturated heterocycles. The van der Waals surface area contributed by atoms with Crippen molar-refractivity contribution in [3.63, 3.8) is 0 Å². The summed E-state index contributed by atoms with van der Waals surface area (Å²) in [5, 5.41) is 3.63. The SMILES string of the molecule is Cc1nc(C(=O)Nc2cccnc2)cc(-c2ccc(Cl)c(Cl)c2)n1. The number of carbonyl (C=O) groups is 1. The highest BCUT2D eigenvalue weighted by Gasteiger charge is 2.13. The van der Waals surface area contributed by atoms with E-state index in [0.717, 1.165) is 5.56 Å². The summed E-state index contributed by atoms with van der Waals surface area (Å²) in [6.07, 6.45) is 3.19. The highest BCUT2D eigenvalue weighted by molar-refractivity contribution is 6.42. The maximum Gasteiger partial charge on any atom is 0.274 e. The first-order valence-corrected chi connectivity index (χ1v) is 7.81. The summed E-state index contributed by atoms with van der Waals surface area (Å²) in [4.78, 5) is 24.9. The first-order chi connectivity index (χ1) is 11.5. The number of rotatable bonds is 3. The molecule has 0 aliphatic carbocycles. The fourth-order valence-electron chi connectivity index (χ4n) is 2.12. The van der Waals surface area contributed by atoms with Crippen LogP contribution in [-0.2, 0) is 0 Å². The molecule has 0 fully saturated rings. The van der Waals surface area contributed by atoms with Crippen LogP contribution in [0.2, 0.25) is 10.0 Å². The molecule has 0 unspecified atom stereocenters. The third kappa shape index (κ3) is 3.69. The maximum absolute atomic E-state index is 12.4. The molecule has 0 aliphatic rings. The van der Waals surface area contributed by atoms with Gasteiger partial charge < -0.3 is 5.32 Å². The molecule has 1 aromatic carbocycles. The van der Waals surface area contributed by atoms with Crippen LogP contribution < -0.4 is 5.32 Å². The molecule has 120 valence electrons. The molecule has 0 spiro atoms. The van der Waals surface area contributed by atoms with E-state index in [9.17, 15) is 4.79 Å². The zero-order valence-electron chi connectivity index (χ0n) is 12.6. The van der Waals surface area contributed by atoms with Crippen LogP contribution in [-0.4, -0.2) is 20.9 Å². The molecular formula is C17H12Cl2N4O. The lowest BCUT2D eigenvalue weighted by Gasteiger charge is -2.08. The second-order valence-electron chi connectivity index (χ2n) is 5.01. The molecule has 0 radical (unpaired) electrons. The van der Waals surface area contributed by atoms with Gasteiger partial charge in [-0.05, 0) is 37.3 Å². The molecule has 0 bridgehead atoms. The Bertz CT molecular complexity index is 900. The topological polar surface area (TPSA) is 67.8 Å².